The number of aliphatic hydroxyl groups is 1. The number of halogens is 3. The Hall–Kier alpha value is -3.22. The molecule has 0 saturated carbocycles. The number of alkyl halides is 3. The molecule has 1 aliphatic rings. The summed E-state index contributed by atoms with van der Waals surface area (Å²) in [6, 6.07) is 17.3. The number of hydrogen-bond acceptors (Lipinski definition) is 4. The fourth-order valence-corrected chi connectivity index (χ4v) is 7.25. The van der Waals surface area contributed by atoms with Crippen LogP contribution in [0.25, 0.3) is 32.8 Å². The number of rotatable bonds is 11. The molecule has 0 fully saturated rings. The summed E-state index contributed by atoms with van der Waals surface area (Å²) in [6.45, 7) is 23.5. The van der Waals surface area contributed by atoms with E-state index in [2.05, 4.69) is 97.9 Å². The fourth-order valence-electron chi connectivity index (χ4n) is 7.25. The van der Waals surface area contributed by atoms with Crippen molar-refractivity contribution in [2.75, 3.05) is 0 Å². The first kappa shape index (κ1) is 45.2. The van der Waals surface area contributed by atoms with Gasteiger partial charge in [-0.2, -0.15) is 13.2 Å². The predicted molar refractivity (Wildman–Crippen MR) is 213 cm³/mol. The van der Waals surface area contributed by atoms with E-state index in [4.69, 9.17) is 9.72 Å². The summed E-state index contributed by atoms with van der Waals surface area (Å²) in [4.78, 5) is 16.5. The normalized spacial score (nSPS) is 13.7. The minimum absolute atomic E-state index is 0. The molecule has 1 N–H and O–H groups in total. The molecule has 1 aliphatic heterocycles. The summed E-state index contributed by atoms with van der Waals surface area (Å²) in [5, 5.41) is 14.4. The SMILES string of the molecule is CC(C)Cc1ccc2c(CC(C)(C)C)c3c([c-]c2c1)-c1nccc2cc(CC(C)(C)C)cc(c12)O3.CCC(CC(F)(F)F)C(=O)/C=C(\O)C(CC)CC.[Ir]. The first-order valence-corrected chi connectivity index (χ1v) is 19.2. The van der Waals surface area contributed by atoms with Gasteiger partial charge in [-0.3, -0.25) is 9.78 Å². The van der Waals surface area contributed by atoms with E-state index in [1.807, 2.05) is 20.0 Å². The van der Waals surface area contributed by atoms with Crippen LogP contribution in [0.4, 0.5) is 13.2 Å². The smallest absolute Gasteiger partial charge is 0.389 e. The molecule has 4 nitrogen and oxygen atoms in total. The second-order valence-corrected chi connectivity index (χ2v) is 17.6. The van der Waals surface area contributed by atoms with E-state index >= 15 is 0 Å². The average molecular weight is 923 g/mol. The molecule has 1 unspecified atom stereocenters. The van der Waals surface area contributed by atoms with Gasteiger partial charge in [0.1, 0.15) is 5.75 Å². The quantitative estimate of drug-likeness (QED) is 0.0815. The molecule has 0 spiro atoms. The Labute approximate surface area is 334 Å². The molecule has 5 rings (SSSR count). The summed E-state index contributed by atoms with van der Waals surface area (Å²) < 4.78 is 43.6. The minimum Gasteiger partial charge on any atom is -0.512 e. The van der Waals surface area contributed by atoms with Gasteiger partial charge >= 0.3 is 6.18 Å². The molecule has 3 aromatic carbocycles. The first-order valence-electron chi connectivity index (χ1n) is 19.2. The van der Waals surface area contributed by atoms with Gasteiger partial charge < -0.3 is 9.84 Å². The van der Waals surface area contributed by atoms with Crippen molar-refractivity contribution in [1.82, 2.24) is 4.98 Å². The van der Waals surface area contributed by atoms with E-state index in [-0.39, 0.29) is 49.0 Å². The number of aromatic nitrogens is 1. The zero-order chi connectivity index (χ0) is 39.5. The van der Waals surface area contributed by atoms with Crippen molar-refractivity contribution in [2.45, 2.75) is 127 Å². The number of nitrogens with zero attached hydrogens (tertiary/aromatic N) is 1. The number of benzene rings is 3. The molecule has 1 radical (unpaired) electrons. The maximum atomic E-state index is 12.2. The molecular formula is C46H59F3IrNO3-. The van der Waals surface area contributed by atoms with Gasteiger partial charge in [-0.05, 0) is 78.4 Å². The third-order valence-corrected chi connectivity index (χ3v) is 9.66. The number of hydrogen-bond donors (Lipinski definition) is 1. The zero-order valence-corrected chi connectivity index (χ0v) is 36.4. The number of carbonyl (C=O) groups excluding carboxylic acids is 1. The second kappa shape index (κ2) is 18.2. The van der Waals surface area contributed by atoms with Gasteiger partial charge in [-0.15, -0.1) is 17.5 Å². The Balaban J connectivity index is 0.000000353. The van der Waals surface area contributed by atoms with Gasteiger partial charge in [0, 0.05) is 55.3 Å². The van der Waals surface area contributed by atoms with Crippen molar-refractivity contribution < 1.29 is 47.9 Å². The third kappa shape index (κ3) is 11.9. The summed E-state index contributed by atoms with van der Waals surface area (Å²) in [6.07, 6.45) is 1.85. The monoisotopic (exact) mass is 923 g/mol. The van der Waals surface area contributed by atoms with Crippen molar-refractivity contribution >= 4 is 27.3 Å². The number of ketones is 1. The molecule has 4 aromatic rings. The van der Waals surface area contributed by atoms with E-state index in [0.29, 0.717) is 18.8 Å². The molecule has 2 heterocycles. The Morgan fingerprint density at radius 3 is 2.07 bits per heavy atom. The fraction of sp³-hybridized carbons (Fsp3) is 0.522. The molecule has 1 aromatic heterocycles. The van der Waals surface area contributed by atoms with Gasteiger partial charge in [0.2, 0.25) is 0 Å². The molecule has 54 heavy (non-hydrogen) atoms. The van der Waals surface area contributed by atoms with Crippen LogP contribution < -0.4 is 4.74 Å². The number of ether oxygens (including phenoxy) is 1. The van der Waals surface area contributed by atoms with Gasteiger partial charge in [0.25, 0.3) is 0 Å². The molecule has 0 saturated heterocycles. The standard InChI is InChI=1S/C33H38NO.C13H21F3O2.Ir/c1-20(2)13-21-9-10-25-24(14-21)17-26-30-29-23(11-12-34-30)15-22(18-32(3,4)5)16-28(29)35-31(26)27(25)19-33(6,7)8;1-4-9(5-2)11(17)7-12(18)10(6-3)8-13(14,15)16;/h9-12,14-16,20H,13,18-19H2,1-8H3;7,9-10,17H,4-6,8H2,1-3H3;/q-1;;/b;11-7-;. The van der Waals surface area contributed by atoms with E-state index in [0.717, 1.165) is 58.9 Å². The largest absolute Gasteiger partial charge is 0.512 e. The maximum absolute atomic E-state index is 12.2. The van der Waals surface area contributed by atoms with Crippen LogP contribution in [0.1, 0.15) is 119 Å². The van der Waals surface area contributed by atoms with Crippen LogP contribution >= 0.6 is 0 Å². The average Bonchev–Trinajstić information content (AvgIpc) is 3.02. The van der Waals surface area contributed by atoms with Crippen molar-refractivity contribution in [3.8, 4) is 22.8 Å². The molecule has 0 amide bonds. The molecule has 1 atom stereocenters. The zero-order valence-electron chi connectivity index (χ0n) is 34.0. The van der Waals surface area contributed by atoms with Crippen LogP contribution in [0.3, 0.4) is 0 Å². The van der Waals surface area contributed by atoms with E-state index in [1.54, 1.807) is 0 Å². The second-order valence-electron chi connectivity index (χ2n) is 17.6. The minimum atomic E-state index is -4.35. The van der Waals surface area contributed by atoms with Crippen LogP contribution in [0, 0.1) is 34.7 Å². The van der Waals surface area contributed by atoms with Crippen molar-refractivity contribution in [3.05, 3.63) is 77.2 Å². The molecule has 8 heteroatoms. The van der Waals surface area contributed by atoms with Gasteiger partial charge in [-0.25, -0.2) is 0 Å². The number of allylic oxidation sites excluding steroid dienone is 2. The van der Waals surface area contributed by atoms with Crippen LogP contribution in [0.15, 0.2) is 54.4 Å². The Morgan fingerprint density at radius 1 is 0.889 bits per heavy atom. The van der Waals surface area contributed by atoms with Crippen molar-refractivity contribution in [1.29, 1.82) is 0 Å². The molecule has 0 bridgehead atoms. The topological polar surface area (TPSA) is 59.4 Å². The van der Waals surface area contributed by atoms with Crippen molar-refractivity contribution in [3.63, 3.8) is 0 Å². The van der Waals surface area contributed by atoms with Crippen LogP contribution in [0.5, 0.6) is 11.5 Å². The van der Waals surface area contributed by atoms with Crippen LogP contribution in [-0.2, 0) is 44.2 Å². The van der Waals surface area contributed by atoms with E-state index in [1.165, 1.54) is 34.4 Å². The molecule has 297 valence electrons. The van der Waals surface area contributed by atoms with Crippen molar-refractivity contribution in [2.24, 2.45) is 28.6 Å². The molecular weight excluding hydrogens is 864 g/mol. The number of fused-ring (bicyclic) bond motifs is 3. The van der Waals surface area contributed by atoms with Gasteiger partial charge in [0.15, 0.2) is 5.78 Å². The maximum Gasteiger partial charge on any atom is 0.389 e. The number of pyridine rings is 1. The number of carbonyl (C=O) groups is 1. The third-order valence-electron chi connectivity index (χ3n) is 9.66. The molecule has 0 aliphatic carbocycles. The van der Waals surface area contributed by atoms with Gasteiger partial charge in [0.05, 0.1) is 17.9 Å². The summed E-state index contributed by atoms with van der Waals surface area (Å²) >= 11 is 0. The Bertz CT molecular complexity index is 1950. The number of aliphatic hydroxyl groups excluding tert-OH is 1. The summed E-state index contributed by atoms with van der Waals surface area (Å²) in [5.41, 5.74) is 6.25. The Kier molecular flexibility index (Phi) is 15.2. The van der Waals surface area contributed by atoms with E-state index in [9.17, 15) is 23.1 Å². The van der Waals surface area contributed by atoms with E-state index < -0.39 is 24.3 Å². The van der Waals surface area contributed by atoms with Crippen LogP contribution in [0.2, 0.25) is 0 Å². The summed E-state index contributed by atoms with van der Waals surface area (Å²) in [7, 11) is 0. The van der Waals surface area contributed by atoms with Gasteiger partial charge in [-0.1, -0.05) is 116 Å². The predicted octanol–water partition coefficient (Wildman–Crippen LogP) is 13.7. The van der Waals surface area contributed by atoms with Crippen LogP contribution in [-0.4, -0.2) is 22.1 Å². The first-order chi connectivity index (χ1) is 24.6. The Morgan fingerprint density at radius 2 is 1.52 bits per heavy atom. The summed E-state index contributed by atoms with van der Waals surface area (Å²) in [5.74, 6) is 0.483.